The topological polar surface area (TPSA) is 0 Å². The van der Waals surface area contributed by atoms with Crippen LogP contribution in [0.4, 0.5) is 52.7 Å². The molecule has 0 aliphatic heterocycles. The van der Waals surface area contributed by atoms with Gasteiger partial charge in [0.1, 0.15) is 0 Å². The normalized spacial score (nSPS) is 16.1. The summed E-state index contributed by atoms with van der Waals surface area (Å²) in [7, 11) is 0. The number of rotatable bonds is 7. The molecule has 0 aromatic heterocycles. The van der Waals surface area contributed by atoms with Crippen molar-refractivity contribution in [3.63, 3.8) is 0 Å². The standard InChI is InChI=1S/C8H4Br2F12/c9-2-1-3(11,12)4(13,14)5(15,16)6(17,18)7(19,20)8(10,21)22/h1-2H2. The van der Waals surface area contributed by atoms with Crippen molar-refractivity contribution in [2.24, 2.45) is 0 Å². The van der Waals surface area contributed by atoms with Gasteiger partial charge in [-0.15, -0.1) is 0 Å². The predicted molar refractivity (Wildman–Crippen MR) is 57.0 cm³/mol. The summed E-state index contributed by atoms with van der Waals surface area (Å²) < 4.78 is 153. The first-order valence-electron chi connectivity index (χ1n) is 4.83. The van der Waals surface area contributed by atoms with Crippen LogP contribution in [0.5, 0.6) is 0 Å². The molecule has 0 saturated heterocycles. The summed E-state index contributed by atoms with van der Waals surface area (Å²) in [5.74, 6) is -35.0. The predicted octanol–water partition coefficient (Wildman–Crippen LogP) is 5.94. The summed E-state index contributed by atoms with van der Waals surface area (Å²) >= 11 is 2.78. The summed E-state index contributed by atoms with van der Waals surface area (Å²) in [4.78, 5) is -6.06. The molecule has 0 aliphatic rings. The number of halogens is 14. The van der Waals surface area contributed by atoms with Crippen LogP contribution in [-0.2, 0) is 0 Å². The van der Waals surface area contributed by atoms with E-state index in [4.69, 9.17) is 0 Å². The fourth-order valence-electron chi connectivity index (χ4n) is 1.08. The summed E-state index contributed by atoms with van der Waals surface area (Å²) in [5.41, 5.74) is 0. The van der Waals surface area contributed by atoms with Gasteiger partial charge in [-0.2, -0.15) is 52.7 Å². The summed E-state index contributed by atoms with van der Waals surface area (Å²) in [6.45, 7) is 0. The molecule has 0 aromatic carbocycles. The third kappa shape index (κ3) is 3.05. The Hall–Kier alpha value is 0.120. The highest BCUT2D eigenvalue weighted by atomic mass is 79.9. The van der Waals surface area contributed by atoms with Gasteiger partial charge in [-0.1, -0.05) is 15.9 Å². The van der Waals surface area contributed by atoms with Crippen LogP contribution in [-0.4, -0.2) is 39.8 Å². The van der Waals surface area contributed by atoms with Crippen molar-refractivity contribution in [2.75, 3.05) is 5.33 Å². The van der Waals surface area contributed by atoms with Crippen LogP contribution in [0.2, 0.25) is 0 Å². The van der Waals surface area contributed by atoms with Crippen LogP contribution in [0.25, 0.3) is 0 Å². The largest absolute Gasteiger partial charge is 0.388 e. The van der Waals surface area contributed by atoms with Gasteiger partial charge >= 0.3 is 34.4 Å². The van der Waals surface area contributed by atoms with Crippen LogP contribution in [0.1, 0.15) is 6.42 Å². The Morgan fingerprint density at radius 2 is 0.864 bits per heavy atom. The summed E-state index contributed by atoms with van der Waals surface area (Å²) in [6, 6.07) is 0. The Labute approximate surface area is 131 Å². The molecule has 0 nitrogen and oxygen atoms in total. The molecule has 0 amide bonds. The molecular weight excluding hydrogens is 484 g/mol. The van der Waals surface area contributed by atoms with Gasteiger partial charge in [0.15, 0.2) is 0 Å². The van der Waals surface area contributed by atoms with Gasteiger partial charge in [0.05, 0.1) is 0 Å². The molecule has 0 saturated carbocycles. The van der Waals surface area contributed by atoms with E-state index < -0.39 is 46.2 Å². The van der Waals surface area contributed by atoms with E-state index in [0.717, 1.165) is 0 Å². The van der Waals surface area contributed by atoms with E-state index in [0.29, 0.717) is 15.9 Å². The van der Waals surface area contributed by atoms with E-state index in [2.05, 4.69) is 15.9 Å². The zero-order valence-corrected chi connectivity index (χ0v) is 12.9. The second-order valence-corrected chi connectivity index (χ2v) is 5.73. The maximum Gasteiger partial charge on any atom is 0.388 e. The monoisotopic (exact) mass is 486 g/mol. The first kappa shape index (κ1) is 22.1. The Morgan fingerprint density at radius 1 is 0.545 bits per heavy atom. The second-order valence-electron chi connectivity index (χ2n) is 3.94. The molecule has 0 fully saturated rings. The van der Waals surface area contributed by atoms with Crippen molar-refractivity contribution in [1.29, 1.82) is 0 Å². The van der Waals surface area contributed by atoms with Crippen LogP contribution in [0.15, 0.2) is 0 Å². The first-order chi connectivity index (χ1) is 9.31. The van der Waals surface area contributed by atoms with Crippen LogP contribution in [0, 0.1) is 0 Å². The molecule has 22 heavy (non-hydrogen) atoms. The molecule has 0 heterocycles. The smallest absolute Gasteiger partial charge is 0.200 e. The third-order valence-corrected chi connectivity index (χ3v) is 3.30. The molecule has 0 unspecified atom stereocenters. The maximum absolute atomic E-state index is 13.0. The van der Waals surface area contributed by atoms with Crippen LogP contribution in [0.3, 0.4) is 0 Å². The fourth-order valence-corrected chi connectivity index (χ4v) is 1.82. The van der Waals surface area contributed by atoms with E-state index in [1.807, 2.05) is 0 Å². The van der Waals surface area contributed by atoms with Crippen molar-refractivity contribution in [3.05, 3.63) is 0 Å². The highest BCUT2D eigenvalue weighted by Crippen LogP contribution is 2.61. The van der Waals surface area contributed by atoms with Crippen molar-refractivity contribution in [2.45, 2.75) is 40.9 Å². The molecular formula is C8H4Br2F12. The van der Waals surface area contributed by atoms with E-state index >= 15 is 0 Å². The van der Waals surface area contributed by atoms with E-state index in [-0.39, 0.29) is 0 Å². The molecule has 0 atom stereocenters. The molecule has 134 valence electrons. The molecule has 0 radical (unpaired) electrons. The minimum absolute atomic E-state index is 0.640. The van der Waals surface area contributed by atoms with Crippen LogP contribution < -0.4 is 0 Å². The van der Waals surface area contributed by atoms with Gasteiger partial charge in [-0.05, 0) is 15.9 Å². The molecule has 0 bridgehead atoms. The van der Waals surface area contributed by atoms with Gasteiger partial charge in [0.25, 0.3) is 0 Å². The minimum atomic E-state index is -7.49. The number of hydrogen-bond donors (Lipinski definition) is 0. The zero-order chi connectivity index (χ0) is 18.4. The zero-order valence-electron chi connectivity index (χ0n) is 9.71. The molecule has 0 rings (SSSR count). The lowest BCUT2D eigenvalue weighted by Gasteiger charge is -2.40. The van der Waals surface area contributed by atoms with Crippen LogP contribution >= 0.6 is 31.9 Å². The summed E-state index contributed by atoms with van der Waals surface area (Å²) in [5, 5.41) is -1.08. The van der Waals surface area contributed by atoms with E-state index in [1.165, 1.54) is 0 Å². The molecule has 0 aliphatic carbocycles. The molecule has 0 spiro atoms. The van der Waals surface area contributed by atoms with Crippen molar-refractivity contribution in [3.8, 4) is 0 Å². The van der Waals surface area contributed by atoms with Crippen molar-refractivity contribution >= 4 is 31.9 Å². The lowest BCUT2D eigenvalue weighted by Crippen LogP contribution is -2.69. The SMILES string of the molecule is FC(F)(Br)C(F)(F)C(F)(F)C(F)(F)C(F)(F)C(F)(F)CCBr. The Morgan fingerprint density at radius 3 is 1.14 bits per heavy atom. The molecule has 14 heteroatoms. The van der Waals surface area contributed by atoms with Gasteiger partial charge < -0.3 is 0 Å². The highest BCUT2D eigenvalue weighted by Gasteiger charge is 2.89. The van der Waals surface area contributed by atoms with E-state index in [1.54, 1.807) is 0 Å². The Bertz CT molecular complexity index is 398. The van der Waals surface area contributed by atoms with Gasteiger partial charge in [-0.3, -0.25) is 0 Å². The second kappa shape index (κ2) is 5.88. The van der Waals surface area contributed by atoms with Gasteiger partial charge in [0.2, 0.25) is 0 Å². The van der Waals surface area contributed by atoms with Crippen molar-refractivity contribution in [1.82, 2.24) is 0 Å². The lowest BCUT2D eigenvalue weighted by molar-refractivity contribution is -0.415. The fraction of sp³-hybridized carbons (Fsp3) is 1.00. The Kier molecular flexibility index (Phi) is 5.92. The minimum Gasteiger partial charge on any atom is -0.200 e. The quantitative estimate of drug-likeness (QED) is 0.308. The molecule has 0 aromatic rings. The Balaban J connectivity index is 6.11. The third-order valence-electron chi connectivity index (χ3n) is 2.41. The number of alkyl halides is 14. The van der Waals surface area contributed by atoms with Crippen molar-refractivity contribution < 1.29 is 52.7 Å². The molecule has 0 N–H and O–H groups in total. The first-order valence-corrected chi connectivity index (χ1v) is 6.74. The average Bonchev–Trinajstić information content (AvgIpc) is 2.26. The number of hydrogen-bond acceptors (Lipinski definition) is 0. The lowest BCUT2D eigenvalue weighted by atomic mass is 9.93. The highest BCUT2D eigenvalue weighted by molar-refractivity contribution is 9.10. The van der Waals surface area contributed by atoms with E-state index in [9.17, 15) is 52.7 Å². The van der Waals surface area contributed by atoms with Gasteiger partial charge in [0, 0.05) is 11.8 Å². The van der Waals surface area contributed by atoms with Gasteiger partial charge in [-0.25, -0.2) is 0 Å². The summed E-state index contributed by atoms with van der Waals surface area (Å²) in [6.07, 6.45) is -2.14. The maximum atomic E-state index is 13.0. The average molecular weight is 488 g/mol.